The van der Waals surface area contributed by atoms with Gasteiger partial charge in [-0.25, -0.2) is 0 Å². The molecule has 0 fully saturated rings. The van der Waals surface area contributed by atoms with Gasteiger partial charge in [0.2, 0.25) is 0 Å². The van der Waals surface area contributed by atoms with Crippen molar-refractivity contribution in [3.8, 4) is 0 Å². The van der Waals surface area contributed by atoms with Crippen molar-refractivity contribution in [1.82, 2.24) is 0 Å². The summed E-state index contributed by atoms with van der Waals surface area (Å²) in [5.41, 5.74) is 2.66. The molecule has 0 aromatic heterocycles. The topological polar surface area (TPSA) is 17.1 Å². The van der Waals surface area contributed by atoms with Crippen molar-refractivity contribution in [3.05, 3.63) is 68.7 Å². The van der Waals surface area contributed by atoms with Crippen molar-refractivity contribution in [2.24, 2.45) is 0 Å². The zero-order chi connectivity index (χ0) is 15.6. The maximum absolute atomic E-state index is 12.5. The molecule has 0 unspecified atom stereocenters. The predicted octanol–water partition coefficient (Wildman–Crippen LogP) is 6.02. The van der Waals surface area contributed by atoms with Crippen LogP contribution in [0.2, 0.25) is 5.02 Å². The molecule has 0 aliphatic heterocycles. The molecule has 0 aliphatic rings. The van der Waals surface area contributed by atoms with E-state index in [1.54, 1.807) is 18.2 Å². The molecule has 0 N–H and O–H groups in total. The number of carbonyl (C=O) groups is 1. The third-order valence-electron chi connectivity index (χ3n) is 3.99. The van der Waals surface area contributed by atoms with Gasteiger partial charge in [0.15, 0.2) is 5.78 Å². The van der Waals surface area contributed by atoms with Crippen LogP contribution in [0.3, 0.4) is 0 Å². The van der Waals surface area contributed by atoms with E-state index in [1.807, 2.05) is 24.3 Å². The van der Waals surface area contributed by atoms with Gasteiger partial charge in [0.1, 0.15) is 0 Å². The fraction of sp³-hybridized carbons (Fsp3) is 0.278. The summed E-state index contributed by atoms with van der Waals surface area (Å²) in [6.07, 6.45) is 1.06. The number of hydrogen-bond acceptors (Lipinski definition) is 1. The van der Waals surface area contributed by atoms with Gasteiger partial charge < -0.3 is 0 Å². The normalized spacial score (nSPS) is 11.5. The van der Waals surface area contributed by atoms with Gasteiger partial charge in [-0.2, -0.15) is 0 Å². The molecule has 0 bridgehead atoms. The van der Waals surface area contributed by atoms with Crippen LogP contribution in [0.1, 0.15) is 48.7 Å². The molecule has 0 saturated carbocycles. The van der Waals surface area contributed by atoms with Gasteiger partial charge in [-0.1, -0.05) is 56.6 Å². The largest absolute Gasteiger partial charge is 0.289 e. The van der Waals surface area contributed by atoms with Crippen molar-refractivity contribution in [3.63, 3.8) is 0 Å². The molecule has 2 aromatic carbocycles. The molecule has 0 atom stereocenters. The van der Waals surface area contributed by atoms with Crippen LogP contribution in [-0.2, 0) is 5.41 Å². The highest BCUT2D eigenvalue weighted by atomic mass is 79.9. The van der Waals surface area contributed by atoms with Crippen LogP contribution >= 0.6 is 27.5 Å². The smallest absolute Gasteiger partial charge is 0.193 e. The predicted molar refractivity (Wildman–Crippen MR) is 92.3 cm³/mol. The van der Waals surface area contributed by atoms with Gasteiger partial charge in [0.25, 0.3) is 0 Å². The number of ketones is 1. The second-order valence-electron chi connectivity index (χ2n) is 5.77. The molecular formula is C18H18BrClO. The van der Waals surface area contributed by atoms with Crippen molar-refractivity contribution >= 4 is 33.3 Å². The maximum atomic E-state index is 12.5. The standard InChI is InChI=1S/C18H18BrClO/c1-4-18(2,3)14-8-5-12(6-9-14)17(21)13-7-10-15(19)16(20)11-13/h5-11H,4H2,1-3H3. The highest BCUT2D eigenvalue weighted by molar-refractivity contribution is 9.10. The lowest BCUT2D eigenvalue weighted by Gasteiger charge is -2.23. The second-order valence-corrected chi connectivity index (χ2v) is 7.03. The Labute approximate surface area is 139 Å². The van der Waals surface area contributed by atoms with Crippen molar-refractivity contribution in [2.75, 3.05) is 0 Å². The van der Waals surface area contributed by atoms with E-state index in [0.29, 0.717) is 16.1 Å². The average molecular weight is 366 g/mol. The summed E-state index contributed by atoms with van der Waals surface area (Å²) in [4.78, 5) is 12.5. The van der Waals surface area contributed by atoms with Gasteiger partial charge in [-0.05, 0) is 51.5 Å². The number of rotatable bonds is 4. The fourth-order valence-electron chi connectivity index (χ4n) is 2.08. The minimum Gasteiger partial charge on any atom is -0.289 e. The monoisotopic (exact) mass is 364 g/mol. The van der Waals surface area contributed by atoms with E-state index >= 15 is 0 Å². The van der Waals surface area contributed by atoms with Gasteiger partial charge in [-0.3, -0.25) is 4.79 Å². The zero-order valence-corrected chi connectivity index (χ0v) is 14.8. The SMILES string of the molecule is CCC(C)(C)c1ccc(C(=O)c2ccc(Br)c(Cl)c2)cc1. The molecule has 3 heteroatoms. The van der Waals surface area contributed by atoms with Crippen molar-refractivity contribution in [1.29, 1.82) is 0 Å². The zero-order valence-electron chi connectivity index (χ0n) is 12.4. The highest BCUT2D eigenvalue weighted by Gasteiger charge is 2.18. The molecule has 0 spiro atoms. The average Bonchev–Trinajstić information content (AvgIpc) is 2.49. The van der Waals surface area contributed by atoms with Crippen LogP contribution in [0.4, 0.5) is 0 Å². The Morgan fingerprint density at radius 1 is 1.10 bits per heavy atom. The second kappa shape index (κ2) is 6.33. The Morgan fingerprint density at radius 3 is 2.19 bits per heavy atom. The highest BCUT2D eigenvalue weighted by Crippen LogP contribution is 2.28. The first kappa shape index (κ1) is 16.3. The summed E-state index contributed by atoms with van der Waals surface area (Å²) in [6.45, 7) is 6.58. The van der Waals surface area contributed by atoms with Gasteiger partial charge >= 0.3 is 0 Å². The number of benzene rings is 2. The first-order chi connectivity index (χ1) is 9.85. The molecule has 0 amide bonds. The van der Waals surface area contributed by atoms with E-state index < -0.39 is 0 Å². The third kappa shape index (κ3) is 3.56. The lowest BCUT2D eigenvalue weighted by molar-refractivity contribution is 0.103. The van der Waals surface area contributed by atoms with Crippen LogP contribution < -0.4 is 0 Å². The Hall–Kier alpha value is -1.12. The lowest BCUT2D eigenvalue weighted by Crippen LogP contribution is -2.15. The molecule has 110 valence electrons. The van der Waals surface area contributed by atoms with E-state index in [-0.39, 0.29) is 11.2 Å². The summed E-state index contributed by atoms with van der Waals surface area (Å²) >= 11 is 9.38. The minimum atomic E-state index is -0.00902. The molecule has 2 aromatic rings. The molecule has 0 radical (unpaired) electrons. The minimum absolute atomic E-state index is 0.00902. The van der Waals surface area contributed by atoms with Crippen molar-refractivity contribution in [2.45, 2.75) is 32.6 Å². The Balaban J connectivity index is 2.30. The molecule has 0 saturated heterocycles. The molecular weight excluding hydrogens is 348 g/mol. The summed E-state index contributed by atoms with van der Waals surface area (Å²) in [5, 5.41) is 0.546. The molecule has 0 aliphatic carbocycles. The Kier molecular flexibility index (Phi) is 4.90. The van der Waals surface area contributed by atoms with E-state index in [1.165, 1.54) is 5.56 Å². The van der Waals surface area contributed by atoms with Gasteiger partial charge in [0, 0.05) is 15.6 Å². The van der Waals surface area contributed by atoms with Crippen molar-refractivity contribution < 1.29 is 4.79 Å². The molecule has 1 nitrogen and oxygen atoms in total. The van der Waals surface area contributed by atoms with E-state index in [2.05, 4.69) is 36.7 Å². The Bertz CT molecular complexity index is 659. The van der Waals surface area contributed by atoms with E-state index in [9.17, 15) is 4.79 Å². The molecule has 2 rings (SSSR count). The van der Waals surface area contributed by atoms with Crippen LogP contribution in [0.25, 0.3) is 0 Å². The number of hydrogen-bond donors (Lipinski definition) is 0. The fourth-order valence-corrected chi connectivity index (χ4v) is 2.51. The van der Waals surface area contributed by atoms with Crippen LogP contribution in [0, 0.1) is 0 Å². The first-order valence-corrected chi connectivity index (χ1v) is 8.12. The summed E-state index contributed by atoms with van der Waals surface area (Å²) in [5.74, 6) is -0.00902. The van der Waals surface area contributed by atoms with Crippen LogP contribution in [0.5, 0.6) is 0 Å². The molecule has 0 heterocycles. The van der Waals surface area contributed by atoms with Crippen LogP contribution in [0.15, 0.2) is 46.9 Å². The molecule has 21 heavy (non-hydrogen) atoms. The summed E-state index contributed by atoms with van der Waals surface area (Å²) in [6, 6.07) is 13.1. The number of carbonyl (C=O) groups excluding carboxylic acids is 1. The van der Waals surface area contributed by atoms with Gasteiger partial charge in [-0.15, -0.1) is 0 Å². The summed E-state index contributed by atoms with van der Waals surface area (Å²) in [7, 11) is 0. The van der Waals surface area contributed by atoms with Gasteiger partial charge in [0.05, 0.1) is 5.02 Å². The quantitative estimate of drug-likeness (QED) is 0.605. The van der Waals surface area contributed by atoms with Crippen LogP contribution in [-0.4, -0.2) is 5.78 Å². The summed E-state index contributed by atoms with van der Waals surface area (Å²) < 4.78 is 0.792. The lowest BCUT2D eigenvalue weighted by atomic mass is 9.82. The Morgan fingerprint density at radius 2 is 1.67 bits per heavy atom. The van der Waals surface area contributed by atoms with E-state index in [0.717, 1.165) is 10.9 Å². The first-order valence-electron chi connectivity index (χ1n) is 6.95. The third-order valence-corrected chi connectivity index (χ3v) is 5.23. The number of halogens is 2. The maximum Gasteiger partial charge on any atom is 0.193 e. The van der Waals surface area contributed by atoms with E-state index in [4.69, 9.17) is 11.6 Å².